The van der Waals surface area contributed by atoms with Crippen LogP contribution in [0.5, 0.6) is 0 Å². The van der Waals surface area contributed by atoms with Gasteiger partial charge in [-0.25, -0.2) is 0 Å². The van der Waals surface area contributed by atoms with Crippen LogP contribution in [0.2, 0.25) is 5.02 Å². The average Bonchev–Trinajstić information content (AvgIpc) is 2.94. The quantitative estimate of drug-likeness (QED) is 0.638. The SMILES string of the molecule is COCCNCC(=O)Nc1cc(-c2cc(Br)ccc2Cl)[nH]n1. The molecule has 0 atom stereocenters. The number of amides is 1. The first-order valence-electron chi connectivity index (χ1n) is 6.60. The van der Waals surface area contributed by atoms with E-state index in [0.717, 1.165) is 15.7 Å². The molecule has 0 radical (unpaired) electrons. The summed E-state index contributed by atoms with van der Waals surface area (Å²) >= 11 is 9.57. The lowest BCUT2D eigenvalue weighted by Gasteiger charge is -2.03. The first kappa shape index (κ1) is 17.0. The van der Waals surface area contributed by atoms with Crippen LogP contribution in [-0.2, 0) is 9.53 Å². The van der Waals surface area contributed by atoms with Crippen molar-refractivity contribution in [3.8, 4) is 11.3 Å². The van der Waals surface area contributed by atoms with Crippen molar-refractivity contribution < 1.29 is 9.53 Å². The topological polar surface area (TPSA) is 79.0 Å². The number of hydrogen-bond acceptors (Lipinski definition) is 4. The number of anilines is 1. The maximum Gasteiger partial charge on any atom is 0.239 e. The summed E-state index contributed by atoms with van der Waals surface area (Å²) in [6, 6.07) is 7.27. The molecule has 0 aliphatic rings. The van der Waals surface area contributed by atoms with Crippen LogP contribution in [0.25, 0.3) is 11.3 Å². The summed E-state index contributed by atoms with van der Waals surface area (Å²) in [5, 5.41) is 13.2. The number of nitrogens with zero attached hydrogens (tertiary/aromatic N) is 1. The maximum atomic E-state index is 11.7. The number of hydrogen-bond donors (Lipinski definition) is 3. The van der Waals surface area contributed by atoms with Crippen molar-refractivity contribution in [1.82, 2.24) is 15.5 Å². The predicted octanol–water partition coefficient (Wildman–Crippen LogP) is 2.67. The molecule has 0 spiro atoms. The highest BCUT2D eigenvalue weighted by molar-refractivity contribution is 9.10. The summed E-state index contributed by atoms with van der Waals surface area (Å²) < 4.78 is 5.80. The summed E-state index contributed by atoms with van der Waals surface area (Å²) in [7, 11) is 1.61. The monoisotopic (exact) mass is 386 g/mol. The summed E-state index contributed by atoms with van der Waals surface area (Å²) in [5.41, 5.74) is 1.54. The molecule has 1 aromatic carbocycles. The maximum absolute atomic E-state index is 11.7. The molecule has 0 saturated heterocycles. The fraction of sp³-hybridized carbons (Fsp3) is 0.286. The van der Waals surface area contributed by atoms with Crippen molar-refractivity contribution in [3.05, 3.63) is 33.8 Å². The summed E-state index contributed by atoms with van der Waals surface area (Å²) in [4.78, 5) is 11.7. The van der Waals surface area contributed by atoms with Crippen LogP contribution in [0.4, 0.5) is 5.82 Å². The third kappa shape index (κ3) is 4.81. The van der Waals surface area contributed by atoms with Gasteiger partial charge in [0, 0.05) is 29.8 Å². The van der Waals surface area contributed by atoms with Crippen molar-refractivity contribution in [2.24, 2.45) is 0 Å². The molecule has 0 saturated carbocycles. The highest BCUT2D eigenvalue weighted by atomic mass is 79.9. The molecular formula is C14H16BrClN4O2. The number of aromatic nitrogens is 2. The van der Waals surface area contributed by atoms with Crippen molar-refractivity contribution in [2.45, 2.75) is 0 Å². The summed E-state index contributed by atoms with van der Waals surface area (Å²) in [6.07, 6.45) is 0. The molecule has 2 aromatic rings. The Morgan fingerprint density at radius 1 is 1.45 bits per heavy atom. The molecule has 3 N–H and O–H groups in total. The number of rotatable bonds is 7. The Morgan fingerprint density at radius 2 is 2.27 bits per heavy atom. The largest absolute Gasteiger partial charge is 0.383 e. The van der Waals surface area contributed by atoms with Crippen molar-refractivity contribution in [3.63, 3.8) is 0 Å². The van der Waals surface area contributed by atoms with Gasteiger partial charge in [0.25, 0.3) is 0 Å². The molecule has 1 amide bonds. The van der Waals surface area contributed by atoms with Gasteiger partial charge in [0.1, 0.15) is 0 Å². The highest BCUT2D eigenvalue weighted by Crippen LogP contribution is 2.30. The standard InChI is InChI=1S/C14H16BrClN4O2/c1-22-5-4-17-8-14(21)18-13-7-12(19-20-13)10-6-9(15)2-3-11(10)16/h2-3,6-7,17H,4-5,8H2,1H3,(H2,18,19,20,21). The van der Waals surface area contributed by atoms with E-state index in [9.17, 15) is 4.79 Å². The molecule has 6 nitrogen and oxygen atoms in total. The zero-order chi connectivity index (χ0) is 15.9. The number of carbonyl (C=O) groups is 1. The van der Waals surface area contributed by atoms with Crippen LogP contribution in [0.15, 0.2) is 28.7 Å². The predicted molar refractivity (Wildman–Crippen MR) is 90.1 cm³/mol. The number of ether oxygens (including phenoxy) is 1. The fourth-order valence-corrected chi connectivity index (χ4v) is 2.37. The Hall–Kier alpha value is -1.41. The van der Waals surface area contributed by atoms with Gasteiger partial charge in [-0.3, -0.25) is 9.89 Å². The first-order valence-corrected chi connectivity index (χ1v) is 7.77. The number of carbonyl (C=O) groups excluding carboxylic acids is 1. The van der Waals surface area contributed by atoms with Gasteiger partial charge >= 0.3 is 0 Å². The molecule has 1 heterocycles. The number of benzene rings is 1. The van der Waals surface area contributed by atoms with Crippen LogP contribution in [0, 0.1) is 0 Å². The minimum Gasteiger partial charge on any atom is -0.383 e. The Balaban J connectivity index is 1.96. The van der Waals surface area contributed by atoms with Crippen molar-refractivity contribution in [1.29, 1.82) is 0 Å². The molecule has 0 aliphatic heterocycles. The van der Waals surface area contributed by atoms with Gasteiger partial charge < -0.3 is 15.4 Å². The lowest BCUT2D eigenvalue weighted by atomic mass is 10.1. The van der Waals surface area contributed by atoms with Crippen LogP contribution in [-0.4, -0.2) is 42.9 Å². The third-order valence-corrected chi connectivity index (χ3v) is 3.66. The first-order chi connectivity index (χ1) is 10.6. The Bertz CT molecular complexity index is 648. The highest BCUT2D eigenvalue weighted by Gasteiger charge is 2.10. The third-order valence-electron chi connectivity index (χ3n) is 2.83. The molecule has 0 aliphatic carbocycles. The molecule has 118 valence electrons. The van der Waals surface area contributed by atoms with Crippen LogP contribution < -0.4 is 10.6 Å². The molecule has 2 rings (SSSR count). The second-order valence-corrected chi connectivity index (χ2v) is 5.83. The second-order valence-electron chi connectivity index (χ2n) is 4.51. The van der Waals surface area contributed by atoms with Crippen LogP contribution in [0.3, 0.4) is 0 Å². The van der Waals surface area contributed by atoms with Gasteiger partial charge in [-0.05, 0) is 18.2 Å². The van der Waals surface area contributed by atoms with Gasteiger partial charge in [-0.2, -0.15) is 5.10 Å². The van der Waals surface area contributed by atoms with E-state index >= 15 is 0 Å². The van der Waals surface area contributed by atoms with E-state index in [2.05, 4.69) is 36.8 Å². The number of methoxy groups -OCH3 is 1. The van der Waals surface area contributed by atoms with E-state index in [-0.39, 0.29) is 12.5 Å². The molecule has 0 unspecified atom stereocenters. The van der Waals surface area contributed by atoms with E-state index in [1.54, 1.807) is 19.2 Å². The van der Waals surface area contributed by atoms with Crippen molar-refractivity contribution in [2.75, 3.05) is 32.1 Å². The van der Waals surface area contributed by atoms with Crippen molar-refractivity contribution >= 4 is 39.3 Å². The van der Waals surface area contributed by atoms with Gasteiger partial charge in [0.2, 0.25) is 5.91 Å². The van der Waals surface area contributed by atoms with Gasteiger partial charge in [0.05, 0.1) is 23.9 Å². The average molecular weight is 388 g/mol. The number of nitrogens with one attached hydrogen (secondary N) is 3. The zero-order valence-corrected chi connectivity index (χ0v) is 14.3. The number of halogens is 2. The van der Waals surface area contributed by atoms with E-state index in [0.29, 0.717) is 24.0 Å². The van der Waals surface area contributed by atoms with E-state index in [1.165, 1.54) is 0 Å². The van der Waals surface area contributed by atoms with Gasteiger partial charge in [-0.15, -0.1) is 0 Å². The van der Waals surface area contributed by atoms with Crippen LogP contribution >= 0.6 is 27.5 Å². The Labute approximate surface area is 141 Å². The van der Waals surface area contributed by atoms with E-state index < -0.39 is 0 Å². The molecule has 1 aromatic heterocycles. The van der Waals surface area contributed by atoms with Gasteiger partial charge in [0.15, 0.2) is 5.82 Å². The lowest BCUT2D eigenvalue weighted by Crippen LogP contribution is -2.30. The molecular weight excluding hydrogens is 372 g/mol. The summed E-state index contributed by atoms with van der Waals surface area (Å²) in [6.45, 7) is 1.37. The smallest absolute Gasteiger partial charge is 0.239 e. The number of H-pyrrole nitrogens is 1. The van der Waals surface area contributed by atoms with E-state index in [1.807, 2.05) is 12.1 Å². The summed E-state index contributed by atoms with van der Waals surface area (Å²) in [5.74, 6) is 0.277. The Kier molecular flexibility index (Phi) is 6.38. The molecule has 0 fully saturated rings. The normalized spacial score (nSPS) is 10.7. The van der Waals surface area contributed by atoms with Crippen LogP contribution in [0.1, 0.15) is 0 Å². The minimum atomic E-state index is -0.172. The zero-order valence-electron chi connectivity index (χ0n) is 12.0. The van der Waals surface area contributed by atoms with E-state index in [4.69, 9.17) is 16.3 Å². The number of aromatic amines is 1. The second kappa shape index (κ2) is 8.28. The molecule has 8 heteroatoms. The molecule has 22 heavy (non-hydrogen) atoms. The fourth-order valence-electron chi connectivity index (χ4n) is 1.79. The molecule has 0 bridgehead atoms. The van der Waals surface area contributed by atoms with Gasteiger partial charge in [-0.1, -0.05) is 27.5 Å². The lowest BCUT2D eigenvalue weighted by molar-refractivity contribution is -0.115. The Morgan fingerprint density at radius 3 is 3.05 bits per heavy atom. The minimum absolute atomic E-state index is 0.172.